The molecule has 2 rings (SSSR count). The lowest BCUT2D eigenvalue weighted by Gasteiger charge is -2.21. The number of carboxylic acid groups (broad SMARTS) is 1. The molecule has 0 aliphatic carbocycles. The second-order valence-electron chi connectivity index (χ2n) is 7.94. The number of aliphatic carboxylic acids is 1. The van der Waals surface area contributed by atoms with Gasteiger partial charge in [0.25, 0.3) is 5.91 Å². The van der Waals surface area contributed by atoms with E-state index in [0.717, 1.165) is 16.7 Å². The van der Waals surface area contributed by atoms with Crippen molar-refractivity contribution in [3.8, 4) is 5.75 Å². The third kappa shape index (κ3) is 5.56. The Bertz CT molecular complexity index is 1010. The van der Waals surface area contributed by atoms with Crippen LogP contribution in [0.3, 0.4) is 0 Å². The lowest BCUT2D eigenvalue weighted by Crippen LogP contribution is -2.17. The summed E-state index contributed by atoms with van der Waals surface area (Å²) in [4.78, 5) is 27.9. The normalized spacial score (nSPS) is 12.5. The number of nitrogens with one attached hydrogen (secondary N) is 1. The average molecular weight is 408 g/mol. The SMILES string of the molecule is CN=C(/C=C(\C)c1cccc(NC(=O)c2cc(C(C)(C)C)ccc2OC)c1)C(=O)O. The summed E-state index contributed by atoms with van der Waals surface area (Å²) < 4.78 is 5.37. The molecule has 2 aromatic rings. The van der Waals surface area contributed by atoms with E-state index in [1.807, 2.05) is 18.2 Å². The molecule has 0 atom stereocenters. The molecule has 1 amide bonds. The minimum atomic E-state index is -1.09. The highest BCUT2D eigenvalue weighted by Crippen LogP contribution is 2.29. The lowest BCUT2D eigenvalue weighted by molar-refractivity contribution is -0.129. The van der Waals surface area contributed by atoms with E-state index in [1.165, 1.54) is 20.2 Å². The molecule has 0 heterocycles. The molecule has 2 N–H and O–H groups in total. The predicted molar refractivity (Wildman–Crippen MR) is 121 cm³/mol. The van der Waals surface area contributed by atoms with Gasteiger partial charge in [0, 0.05) is 12.7 Å². The molecule has 6 heteroatoms. The summed E-state index contributed by atoms with van der Waals surface area (Å²) in [5.41, 5.74) is 3.44. The van der Waals surface area contributed by atoms with Crippen LogP contribution in [0, 0.1) is 0 Å². The molecular weight excluding hydrogens is 380 g/mol. The van der Waals surface area contributed by atoms with Crippen molar-refractivity contribution in [1.29, 1.82) is 0 Å². The van der Waals surface area contributed by atoms with Gasteiger partial charge in [-0.1, -0.05) is 39.0 Å². The minimum absolute atomic E-state index is 0.0364. The van der Waals surface area contributed by atoms with Crippen LogP contribution in [0.1, 0.15) is 49.2 Å². The number of aliphatic imine (C=N–C) groups is 1. The zero-order chi connectivity index (χ0) is 22.5. The third-order valence-electron chi connectivity index (χ3n) is 4.70. The molecule has 0 aromatic heterocycles. The fourth-order valence-electron chi connectivity index (χ4n) is 2.90. The Balaban J connectivity index is 2.34. The Morgan fingerprint density at radius 2 is 1.83 bits per heavy atom. The number of rotatable bonds is 6. The quantitative estimate of drug-likeness (QED) is 0.672. The first-order valence-corrected chi connectivity index (χ1v) is 9.55. The first-order valence-electron chi connectivity index (χ1n) is 9.55. The van der Waals surface area contributed by atoms with Crippen LogP contribution in [-0.2, 0) is 10.2 Å². The van der Waals surface area contributed by atoms with Crippen molar-refractivity contribution < 1.29 is 19.4 Å². The molecule has 0 spiro atoms. The van der Waals surface area contributed by atoms with E-state index < -0.39 is 5.97 Å². The second kappa shape index (κ2) is 9.39. The van der Waals surface area contributed by atoms with Gasteiger partial charge < -0.3 is 15.2 Å². The summed E-state index contributed by atoms with van der Waals surface area (Å²) in [6, 6.07) is 12.8. The molecule has 2 aromatic carbocycles. The molecule has 158 valence electrons. The molecule has 0 aliphatic rings. The Hall–Kier alpha value is -3.41. The fraction of sp³-hybridized carbons (Fsp3) is 0.292. The Kier molecular flexibility index (Phi) is 7.16. The second-order valence-corrected chi connectivity index (χ2v) is 7.94. The van der Waals surface area contributed by atoms with Crippen LogP contribution in [0.2, 0.25) is 0 Å². The predicted octanol–water partition coefficient (Wildman–Crippen LogP) is 4.80. The van der Waals surface area contributed by atoms with Crippen LogP contribution in [0.4, 0.5) is 5.69 Å². The number of carbonyl (C=O) groups excluding carboxylic acids is 1. The molecular formula is C24H28N2O4. The summed E-state index contributed by atoms with van der Waals surface area (Å²) in [7, 11) is 2.97. The zero-order valence-corrected chi connectivity index (χ0v) is 18.2. The van der Waals surface area contributed by atoms with Gasteiger partial charge in [-0.2, -0.15) is 0 Å². The number of allylic oxidation sites excluding steroid dienone is 1. The van der Waals surface area contributed by atoms with Crippen molar-refractivity contribution in [3.63, 3.8) is 0 Å². The van der Waals surface area contributed by atoms with Gasteiger partial charge in [-0.15, -0.1) is 0 Å². The van der Waals surface area contributed by atoms with Crippen LogP contribution in [0.5, 0.6) is 5.75 Å². The zero-order valence-electron chi connectivity index (χ0n) is 18.2. The first-order chi connectivity index (χ1) is 14.1. The Morgan fingerprint density at radius 1 is 1.13 bits per heavy atom. The monoisotopic (exact) mass is 408 g/mol. The van der Waals surface area contributed by atoms with E-state index in [-0.39, 0.29) is 17.0 Å². The van der Waals surface area contributed by atoms with Gasteiger partial charge >= 0.3 is 5.97 Å². The number of carboxylic acids is 1. The number of nitrogens with zero attached hydrogens (tertiary/aromatic N) is 1. The van der Waals surface area contributed by atoms with Crippen LogP contribution in [0.25, 0.3) is 5.57 Å². The number of methoxy groups -OCH3 is 1. The van der Waals surface area contributed by atoms with Crippen molar-refractivity contribution in [2.45, 2.75) is 33.1 Å². The van der Waals surface area contributed by atoms with E-state index in [0.29, 0.717) is 17.0 Å². The standard InChI is InChI=1S/C24H28N2O4/c1-15(12-20(25-5)23(28)29)16-8-7-9-18(13-16)26-22(27)19-14-17(24(2,3)4)10-11-21(19)30-6/h7-14H,1-6H3,(H,26,27)(H,28,29)/b15-12+,25-20?. The number of amides is 1. The molecule has 0 saturated carbocycles. The Morgan fingerprint density at radius 3 is 2.40 bits per heavy atom. The maximum Gasteiger partial charge on any atom is 0.354 e. The van der Waals surface area contributed by atoms with Gasteiger partial charge in [0.2, 0.25) is 0 Å². The summed E-state index contributed by atoms with van der Waals surface area (Å²) in [5, 5.41) is 12.1. The van der Waals surface area contributed by atoms with Gasteiger partial charge in [-0.05, 0) is 59.4 Å². The number of hydrogen-bond donors (Lipinski definition) is 2. The highest BCUT2D eigenvalue weighted by atomic mass is 16.5. The van der Waals surface area contributed by atoms with Crippen molar-refractivity contribution in [3.05, 3.63) is 65.2 Å². The molecule has 0 unspecified atom stereocenters. The van der Waals surface area contributed by atoms with Crippen LogP contribution in [0.15, 0.2) is 53.5 Å². The summed E-state index contributed by atoms with van der Waals surface area (Å²) in [6.07, 6.45) is 1.50. The summed E-state index contributed by atoms with van der Waals surface area (Å²) in [6.45, 7) is 8.05. The van der Waals surface area contributed by atoms with Crippen molar-refractivity contribution in [1.82, 2.24) is 0 Å². The number of anilines is 1. The van der Waals surface area contributed by atoms with E-state index in [2.05, 4.69) is 31.1 Å². The smallest absolute Gasteiger partial charge is 0.354 e. The summed E-state index contributed by atoms with van der Waals surface area (Å²) >= 11 is 0. The van der Waals surface area contributed by atoms with Gasteiger partial charge in [-0.3, -0.25) is 9.79 Å². The highest BCUT2D eigenvalue weighted by molar-refractivity contribution is 6.41. The lowest BCUT2D eigenvalue weighted by atomic mass is 9.86. The molecule has 0 bridgehead atoms. The number of hydrogen-bond acceptors (Lipinski definition) is 4. The van der Waals surface area contributed by atoms with E-state index in [1.54, 1.807) is 31.2 Å². The number of carbonyl (C=O) groups is 2. The van der Waals surface area contributed by atoms with Crippen molar-refractivity contribution >= 4 is 28.8 Å². The first kappa shape index (κ1) is 22.9. The minimum Gasteiger partial charge on any atom is -0.496 e. The van der Waals surface area contributed by atoms with E-state index >= 15 is 0 Å². The maximum atomic E-state index is 13.0. The molecule has 0 saturated heterocycles. The molecule has 0 fully saturated rings. The van der Waals surface area contributed by atoms with Crippen molar-refractivity contribution in [2.75, 3.05) is 19.5 Å². The fourth-order valence-corrected chi connectivity index (χ4v) is 2.90. The molecule has 6 nitrogen and oxygen atoms in total. The van der Waals surface area contributed by atoms with Gasteiger partial charge in [0.1, 0.15) is 11.5 Å². The third-order valence-corrected chi connectivity index (χ3v) is 4.70. The van der Waals surface area contributed by atoms with Gasteiger partial charge in [0.05, 0.1) is 12.7 Å². The van der Waals surface area contributed by atoms with E-state index in [9.17, 15) is 9.59 Å². The van der Waals surface area contributed by atoms with E-state index in [4.69, 9.17) is 9.84 Å². The van der Waals surface area contributed by atoms with Gasteiger partial charge in [-0.25, -0.2) is 4.79 Å². The average Bonchev–Trinajstić information content (AvgIpc) is 2.70. The molecule has 30 heavy (non-hydrogen) atoms. The molecule has 0 aliphatic heterocycles. The Labute approximate surface area is 177 Å². The molecule has 0 radical (unpaired) electrons. The maximum absolute atomic E-state index is 13.0. The topological polar surface area (TPSA) is 88.0 Å². The highest BCUT2D eigenvalue weighted by Gasteiger charge is 2.19. The van der Waals surface area contributed by atoms with Gasteiger partial charge in [0.15, 0.2) is 0 Å². The van der Waals surface area contributed by atoms with Crippen molar-refractivity contribution in [2.24, 2.45) is 4.99 Å². The largest absolute Gasteiger partial charge is 0.496 e. The number of ether oxygens (including phenoxy) is 1. The number of benzene rings is 2. The van der Waals surface area contributed by atoms with Crippen LogP contribution >= 0.6 is 0 Å². The van der Waals surface area contributed by atoms with Crippen LogP contribution < -0.4 is 10.1 Å². The summed E-state index contributed by atoms with van der Waals surface area (Å²) in [5.74, 6) is -0.872. The van der Waals surface area contributed by atoms with Crippen LogP contribution in [-0.4, -0.2) is 36.9 Å².